The second-order valence-electron chi connectivity index (χ2n) is 7.33. The molecule has 0 radical (unpaired) electrons. The molecule has 134 valence electrons. The first-order chi connectivity index (χ1) is 11.1. The highest BCUT2D eigenvalue weighted by atomic mass is 127. The van der Waals surface area contributed by atoms with Crippen molar-refractivity contribution < 1.29 is 5.11 Å². The molecule has 2 fully saturated rings. The van der Waals surface area contributed by atoms with Gasteiger partial charge in [0, 0.05) is 13.1 Å². The molecular weight excluding hydrogens is 413 g/mol. The fourth-order valence-electron chi connectivity index (χ4n) is 3.31. The monoisotopic (exact) mass is 443 g/mol. The Hall–Kier alpha value is -0.820. The van der Waals surface area contributed by atoms with Gasteiger partial charge in [-0.1, -0.05) is 30.3 Å². The van der Waals surface area contributed by atoms with Gasteiger partial charge in [0.05, 0.1) is 6.54 Å². The summed E-state index contributed by atoms with van der Waals surface area (Å²) in [4.78, 5) is 4.62. The number of benzene rings is 1. The Bertz CT molecular complexity index is 551. The summed E-state index contributed by atoms with van der Waals surface area (Å²) in [5.74, 6) is 1.75. The van der Waals surface area contributed by atoms with Crippen LogP contribution in [0, 0.1) is 11.3 Å². The predicted octanol–water partition coefficient (Wildman–Crippen LogP) is 3.26. The van der Waals surface area contributed by atoms with E-state index in [1.807, 2.05) is 37.3 Å². The third-order valence-electron chi connectivity index (χ3n) is 5.23. The van der Waals surface area contributed by atoms with Crippen molar-refractivity contribution >= 4 is 29.9 Å². The fourth-order valence-corrected chi connectivity index (χ4v) is 3.31. The van der Waals surface area contributed by atoms with E-state index in [9.17, 15) is 5.11 Å². The number of halogens is 1. The number of aliphatic imine (C=N–C) groups is 1. The van der Waals surface area contributed by atoms with Crippen LogP contribution in [0.2, 0.25) is 0 Å². The van der Waals surface area contributed by atoms with Gasteiger partial charge in [-0.15, -0.1) is 24.0 Å². The topological polar surface area (TPSA) is 56.7 Å². The predicted molar refractivity (Wildman–Crippen MR) is 110 cm³/mol. The summed E-state index contributed by atoms with van der Waals surface area (Å²) < 4.78 is 0. The van der Waals surface area contributed by atoms with E-state index in [1.165, 1.54) is 25.7 Å². The Morgan fingerprint density at radius 1 is 1.25 bits per heavy atom. The molecule has 4 nitrogen and oxygen atoms in total. The molecule has 1 aromatic rings. The van der Waals surface area contributed by atoms with Gasteiger partial charge in [-0.3, -0.25) is 0 Å². The molecule has 1 unspecified atom stereocenters. The molecule has 1 atom stereocenters. The van der Waals surface area contributed by atoms with E-state index in [-0.39, 0.29) is 24.0 Å². The minimum Gasteiger partial charge on any atom is -0.384 e. The van der Waals surface area contributed by atoms with E-state index >= 15 is 0 Å². The van der Waals surface area contributed by atoms with Gasteiger partial charge in [-0.2, -0.15) is 0 Å². The number of aliphatic hydroxyl groups is 1. The molecule has 2 aliphatic carbocycles. The standard InChI is InChI=1S/C19H29N3O.HI/c1-3-20-17(22-14-19(11-12-19)16-9-10-16)21-13-18(2,23)15-7-5-4-6-8-15;/h4-8,16,23H,3,9-14H2,1-2H3,(H2,20,21,22);1H. The molecule has 2 aliphatic rings. The van der Waals surface area contributed by atoms with Gasteiger partial charge in [0.1, 0.15) is 5.60 Å². The maximum absolute atomic E-state index is 10.7. The average molecular weight is 443 g/mol. The zero-order valence-electron chi connectivity index (χ0n) is 14.7. The summed E-state index contributed by atoms with van der Waals surface area (Å²) >= 11 is 0. The lowest BCUT2D eigenvalue weighted by atomic mass is 9.96. The molecule has 0 heterocycles. The first-order valence-electron chi connectivity index (χ1n) is 8.86. The lowest BCUT2D eigenvalue weighted by Crippen LogP contribution is -2.41. The van der Waals surface area contributed by atoms with Gasteiger partial charge in [0.2, 0.25) is 0 Å². The van der Waals surface area contributed by atoms with Gasteiger partial charge in [0.25, 0.3) is 0 Å². The molecule has 3 N–H and O–H groups in total. The van der Waals surface area contributed by atoms with Crippen LogP contribution < -0.4 is 10.6 Å². The highest BCUT2D eigenvalue weighted by molar-refractivity contribution is 14.0. The van der Waals surface area contributed by atoms with Crippen LogP contribution in [0.5, 0.6) is 0 Å². The van der Waals surface area contributed by atoms with E-state index in [4.69, 9.17) is 0 Å². The molecule has 3 rings (SSSR count). The Balaban J connectivity index is 0.00000208. The second kappa shape index (κ2) is 8.04. The van der Waals surface area contributed by atoms with Crippen LogP contribution in [-0.2, 0) is 5.60 Å². The molecule has 0 aliphatic heterocycles. The van der Waals surface area contributed by atoms with Crippen LogP contribution in [0.3, 0.4) is 0 Å². The summed E-state index contributed by atoms with van der Waals surface area (Å²) in [6.45, 7) is 6.08. The molecule has 0 aromatic heterocycles. The van der Waals surface area contributed by atoms with Gasteiger partial charge in [0.15, 0.2) is 5.96 Å². The third kappa shape index (κ3) is 4.85. The molecule has 0 bridgehead atoms. The molecular formula is C19H30IN3O. The normalized spacial score (nSPS) is 21.4. The first kappa shape index (κ1) is 19.5. The van der Waals surface area contributed by atoms with Crippen molar-refractivity contribution in [1.29, 1.82) is 0 Å². The van der Waals surface area contributed by atoms with Gasteiger partial charge in [-0.25, -0.2) is 4.99 Å². The van der Waals surface area contributed by atoms with E-state index in [1.54, 1.807) is 0 Å². The van der Waals surface area contributed by atoms with Crippen molar-refractivity contribution in [3.63, 3.8) is 0 Å². The van der Waals surface area contributed by atoms with E-state index < -0.39 is 5.60 Å². The summed E-state index contributed by atoms with van der Waals surface area (Å²) in [5.41, 5.74) is 0.492. The number of hydrogen-bond donors (Lipinski definition) is 3. The Labute approximate surface area is 162 Å². The second-order valence-corrected chi connectivity index (χ2v) is 7.33. The Kier molecular flexibility index (Phi) is 6.53. The van der Waals surface area contributed by atoms with Crippen molar-refractivity contribution in [3.05, 3.63) is 35.9 Å². The SMILES string of the molecule is CCNC(=NCC(C)(O)c1ccccc1)NCC1(C2CC2)CC1.I. The summed E-state index contributed by atoms with van der Waals surface area (Å²) in [5, 5.41) is 17.5. The third-order valence-corrected chi connectivity index (χ3v) is 5.23. The van der Waals surface area contributed by atoms with E-state index in [0.29, 0.717) is 12.0 Å². The number of rotatable bonds is 7. The smallest absolute Gasteiger partial charge is 0.191 e. The Morgan fingerprint density at radius 2 is 1.92 bits per heavy atom. The molecule has 0 saturated heterocycles. The molecule has 2 saturated carbocycles. The van der Waals surface area contributed by atoms with Crippen molar-refractivity contribution in [2.24, 2.45) is 16.3 Å². The van der Waals surface area contributed by atoms with Gasteiger partial charge >= 0.3 is 0 Å². The van der Waals surface area contributed by atoms with Crippen molar-refractivity contribution in [3.8, 4) is 0 Å². The number of guanidine groups is 1. The van der Waals surface area contributed by atoms with Crippen molar-refractivity contribution in [2.45, 2.75) is 45.1 Å². The number of hydrogen-bond acceptors (Lipinski definition) is 2. The van der Waals surface area contributed by atoms with Crippen molar-refractivity contribution in [1.82, 2.24) is 10.6 Å². The van der Waals surface area contributed by atoms with E-state index in [0.717, 1.165) is 30.5 Å². The minimum absolute atomic E-state index is 0. The molecule has 5 heteroatoms. The maximum atomic E-state index is 10.7. The molecule has 1 aromatic carbocycles. The van der Waals surface area contributed by atoms with Crippen molar-refractivity contribution in [2.75, 3.05) is 19.6 Å². The first-order valence-corrected chi connectivity index (χ1v) is 8.86. The zero-order valence-corrected chi connectivity index (χ0v) is 17.0. The zero-order chi connectivity index (χ0) is 16.3. The highest BCUT2D eigenvalue weighted by Crippen LogP contribution is 2.60. The van der Waals surface area contributed by atoms with Crippen LogP contribution in [-0.4, -0.2) is 30.7 Å². The minimum atomic E-state index is -0.947. The number of nitrogens with one attached hydrogen (secondary N) is 2. The lowest BCUT2D eigenvalue weighted by molar-refractivity contribution is 0.0672. The van der Waals surface area contributed by atoms with Crippen LogP contribution in [0.15, 0.2) is 35.3 Å². The molecule has 24 heavy (non-hydrogen) atoms. The lowest BCUT2D eigenvalue weighted by Gasteiger charge is -2.23. The van der Waals surface area contributed by atoms with Gasteiger partial charge < -0.3 is 15.7 Å². The van der Waals surface area contributed by atoms with Gasteiger partial charge in [-0.05, 0) is 56.4 Å². The van der Waals surface area contributed by atoms with Crippen LogP contribution in [0.1, 0.15) is 45.1 Å². The summed E-state index contributed by atoms with van der Waals surface area (Å²) in [6.07, 6.45) is 5.51. The summed E-state index contributed by atoms with van der Waals surface area (Å²) in [7, 11) is 0. The molecule has 0 spiro atoms. The average Bonchev–Trinajstić information content (AvgIpc) is 3.44. The van der Waals surface area contributed by atoms with Crippen LogP contribution >= 0.6 is 24.0 Å². The van der Waals surface area contributed by atoms with Crippen LogP contribution in [0.25, 0.3) is 0 Å². The number of nitrogens with zero attached hydrogens (tertiary/aromatic N) is 1. The van der Waals surface area contributed by atoms with E-state index in [2.05, 4.69) is 22.5 Å². The largest absolute Gasteiger partial charge is 0.384 e. The highest BCUT2D eigenvalue weighted by Gasteiger charge is 2.53. The fraction of sp³-hybridized carbons (Fsp3) is 0.632. The quantitative estimate of drug-likeness (QED) is 0.345. The maximum Gasteiger partial charge on any atom is 0.191 e. The summed E-state index contributed by atoms with van der Waals surface area (Å²) in [6, 6.07) is 9.75. The Morgan fingerprint density at radius 3 is 2.46 bits per heavy atom. The molecule has 0 amide bonds. The van der Waals surface area contributed by atoms with Crippen LogP contribution in [0.4, 0.5) is 0 Å².